The van der Waals surface area contributed by atoms with Crippen molar-refractivity contribution in [3.8, 4) is 0 Å². The first-order chi connectivity index (χ1) is 8.94. The molecule has 2 fully saturated rings. The van der Waals surface area contributed by atoms with Crippen LogP contribution in [0.15, 0.2) is 0 Å². The Hall–Kier alpha value is -0.610. The lowest BCUT2D eigenvalue weighted by Gasteiger charge is -2.39. The first-order valence-electron chi connectivity index (χ1n) is 7.68. The maximum absolute atomic E-state index is 10.9. The van der Waals surface area contributed by atoms with Crippen LogP contribution in [-0.4, -0.2) is 41.1 Å². The van der Waals surface area contributed by atoms with E-state index in [4.69, 9.17) is 10.8 Å². The van der Waals surface area contributed by atoms with E-state index in [1.54, 1.807) is 6.92 Å². The van der Waals surface area contributed by atoms with Crippen LogP contribution in [0.25, 0.3) is 0 Å². The van der Waals surface area contributed by atoms with Crippen molar-refractivity contribution in [2.75, 3.05) is 19.6 Å². The van der Waals surface area contributed by atoms with Gasteiger partial charge in [0.25, 0.3) is 0 Å². The molecule has 1 atom stereocenters. The highest BCUT2D eigenvalue weighted by molar-refractivity contribution is 5.77. The van der Waals surface area contributed by atoms with Gasteiger partial charge in [-0.1, -0.05) is 12.8 Å². The zero-order valence-corrected chi connectivity index (χ0v) is 12.2. The minimum atomic E-state index is -1.07. The van der Waals surface area contributed by atoms with Crippen LogP contribution in [0.2, 0.25) is 0 Å². The molecule has 1 saturated heterocycles. The lowest BCUT2D eigenvalue weighted by molar-refractivity contribution is -0.142. The number of hydrogen-bond acceptors (Lipinski definition) is 3. The topological polar surface area (TPSA) is 66.6 Å². The van der Waals surface area contributed by atoms with Gasteiger partial charge in [-0.25, -0.2) is 0 Å². The second-order valence-corrected chi connectivity index (χ2v) is 6.87. The van der Waals surface area contributed by atoms with Crippen LogP contribution in [0.3, 0.4) is 0 Å². The average Bonchev–Trinajstić information content (AvgIpc) is 2.80. The monoisotopic (exact) mass is 268 g/mol. The van der Waals surface area contributed by atoms with Gasteiger partial charge in [0.15, 0.2) is 0 Å². The summed E-state index contributed by atoms with van der Waals surface area (Å²) in [5, 5.41) is 8.98. The fourth-order valence-electron chi connectivity index (χ4n) is 3.65. The molecular weight excluding hydrogens is 240 g/mol. The third-order valence-corrected chi connectivity index (χ3v) is 5.24. The summed E-state index contributed by atoms with van der Waals surface area (Å²) in [6, 6.07) is 0. The average molecular weight is 268 g/mol. The van der Waals surface area contributed by atoms with Crippen molar-refractivity contribution in [2.45, 2.75) is 63.8 Å². The lowest BCUT2D eigenvalue weighted by atomic mass is 9.77. The van der Waals surface area contributed by atoms with Crippen molar-refractivity contribution in [2.24, 2.45) is 11.1 Å². The quantitative estimate of drug-likeness (QED) is 0.802. The Morgan fingerprint density at radius 1 is 1.26 bits per heavy atom. The summed E-state index contributed by atoms with van der Waals surface area (Å²) in [6.07, 6.45) is 9.82. The molecule has 110 valence electrons. The van der Waals surface area contributed by atoms with Crippen LogP contribution in [0.5, 0.6) is 0 Å². The minimum Gasteiger partial charge on any atom is -0.480 e. The van der Waals surface area contributed by atoms with Gasteiger partial charge in [0.2, 0.25) is 0 Å². The van der Waals surface area contributed by atoms with Crippen LogP contribution in [0, 0.1) is 5.41 Å². The van der Waals surface area contributed by atoms with Gasteiger partial charge >= 0.3 is 5.97 Å². The van der Waals surface area contributed by atoms with Crippen LogP contribution >= 0.6 is 0 Å². The summed E-state index contributed by atoms with van der Waals surface area (Å²) in [6.45, 7) is 4.98. The number of aliphatic carboxylic acids is 1. The van der Waals surface area contributed by atoms with Crippen molar-refractivity contribution in [1.82, 2.24) is 4.90 Å². The molecular formula is C15H28N2O2. The van der Waals surface area contributed by atoms with E-state index in [-0.39, 0.29) is 0 Å². The summed E-state index contributed by atoms with van der Waals surface area (Å²) in [5.41, 5.74) is 5.35. The molecule has 2 aliphatic rings. The molecule has 1 aliphatic heterocycles. The van der Waals surface area contributed by atoms with Crippen LogP contribution < -0.4 is 5.73 Å². The molecule has 1 saturated carbocycles. The van der Waals surface area contributed by atoms with E-state index in [1.807, 2.05) is 0 Å². The maximum Gasteiger partial charge on any atom is 0.323 e. The Morgan fingerprint density at radius 3 is 2.37 bits per heavy atom. The van der Waals surface area contributed by atoms with Gasteiger partial charge in [-0.05, 0) is 70.5 Å². The molecule has 0 bridgehead atoms. The second kappa shape index (κ2) is 5.80. The van der Waals surface area contributed by atoms with Crippen molar-refractivity contribution < 1.29 is 9.90 Å². The third-order valence-electron chi connectivity index (χ3n) is 5.24. The number of nitrogens with two attached hydrogens (primary N) is 1. The Kier molecular flexibility index (Phi) is 4.51. The predicted molar refractivity (Wildman–Crippen MR) is 76.0 cm³/mol. The first kappa shape index (κ1) is 14.8. The van der Waals surface area contributed by atoms with Gasteiger partial charge in [0, 0.05) is 0 Å². The standard InChI is InChI=1S/C15H28N2O2/c1-14(16,13(18)19)5-4-10-17-11-8-15(9-12-17)6-2-3-7-15/h2-12,16H2,1H3,(H,18,19). The first-order valence-corrected chi connectivity index (χ1v) is 7.68. The predicted octanol–water partition coefficient (Wildman–Crippen LogP) is 2.22. The molecule has 0 radical (unpaired) electrons. The second-order valence-electron chi connectivity index (χ2n) is 6.87. The van der Waals surface area contributed by atoms with E-state index in [1.165, 1.54) is 51.6 Å². The SMILES string of the molecule is CC(N)(CCCN1CCC2(CCCC2)CC1)C(=O)O. The highest BCUT2D eigenvalue weighted by atomic mass is 16.4. The summed E-state index contributed by atoms with van der Waals surface area (Å²) < 4.78 is 0. The normalized spacial score (nSPS) is 26.4. The molecule has 3 N–H and O–H groups in total. The summed E-state index contributed by atoms with van der Waals surface area (Å²) in [7, 11) is 0. The molecule has 2 rings (SSSR count). The van der Waals surface area contributed by atoms with E-state index in [2.05, 4.69) is 4.90 Å². The third kappa shape index (κ3) is 3.69. The van der Waals surface area contributed by atoms with Gasteiger partial charge in [0.05, 0.1) is 0 Å². The van der Waals surface area contributed by atoms with Gasteiger partial charge in [-0.15, -0.1) is 0 Å². The number of rotatable bonds is 5. The van der Waals surface area contributed by atoms with Crippen LogP contribution in [0.1, 0.15) is 58.3 Å². The number of carboxylic acids is 1. The van der Waals surface area contributed by atoms with Gasteiger partial charge < -0.3 is 15.7 Å². The molecule has 1 spiro atoms. The Balaban J connectivity index is 1.67. The Bertz CT molecular complexity index is 312. The van der Waals surface area contributed by atoms with E-state index in [0.717, 1.165) is 13.0 Å². The van der Waals surface area contributed by atoms with E-state index < -0.39 is 11.5 Å². The van der Waals surface area contributed by atoms with Gasteiger partial charge in [0.1, 0.15) is 5.54 Å². The van der Waals surface area contributed by atoms with E-state index in [0.29, 0.717) is 11.8 Å². The summed E-state index contributed by atoms with van der Waals surface area (Å²) >= 11 is 0. The zero-order chi connectivity index (χ0) is 13.9. The fourth-order valence-corrected chi connectivity index (χ4v) is 3.65. The molecule has 0 aromatic carbocycles. The van der Waals surface area contributed by atoms with Crippen LogP contribution in [0.4, 0.5) is 0 Å². The highest BCUT2D eigenvalue weighted by Gasteiger charge is 2.36. The zero-order valence-electron chi connectivity index (χ0n) is 12.2. The number of likely N-dealkylation sites (tertiary alicyclic amines) is 1. The molecule has 1 unspecified atom stereocenters. The van der Waals surface area contributed by atoms with Gasteiger partial charge in [-0.3, -0.25) is 4.79 Å². The lowest BCUT2D eigenvalue weighted by Crippen LogP contribution is -2.45. The van der Waals surface area contributed by atoms with Crippen molar-refractivity contribution in [3.05, 3.63) is 0 Å². The molecule has 1 heterocycles. The van der Waals surface area contributed by atoms with E-state index in [9.17, 15) is 4.79 Å². The number of hydrogen-bond donors (Lipinski definition) is 2. The molecule has 0 aromatic heterocycles. The van der Waals surface area contributed by atoms with Gasteiger partial charge in [-0.2, -0.15) is 0 Å². The minimum absolute atomic E-state index is 0.560. The molecule has 0 aromatic rings. The smallest absolute Gasteiger partial charge is 0.323 e. The summed E-state index contributed by atoms with van der Waals surface area (Å²) in [5.74, 6) is -0.893. The van der Waals surface area contributed by atoms with E-state index >= 15 is 0 Å². The largest absolute Gasteiger partial charge is 0.480 e. The molecule has 19 heavy (non-hydrogen) atoms. The molecule has 1 aliphatic carbocycles. The highest BCUT2D eigenvalue weighted by Crippen LogP contribution is 2.46. The number of nitrogens with zero attached hydrogens (tertiary/aromatic N) is 1. The molecule has 4 heteroatoms. The van der Waals surface area contributed by atoms with Crippen molar-refractivity contribution in [3.63, 3.8) is 0 Å². The van der Waals surface area contributed by atoms with Crippen LogP contribution in [-0.2, 0) is 4.79 Å². The van der Waals surface area contributed by atoms with Crippen molar-refractivity contribution in [1.29, 1.82) is 0 Å². The Morgan fingerprint density at radius 2 is 1.84 bits per heavy atom. The van der Waals surface area contributed by atoms with Crippen molar-refractivity contribution >= 4 is 5.97 Å². The Labute approximate surface area is 116 Å². The number of piperidine rings is 1. The fraction of sp³-hybridized carbons (Fsp3) is 0.933. The number of carbonyl (C=O) groups is 1. The number of carboxylic acid groups (broad SMARTS) is 1. The summed E-state index contributed by atoms with van der Waals surface area (Å²) in [4.78, 5) is 13.4. The molecule has 4 nitrogen and oxygen atoms in total. The molecule has 0 amide bonds. The maximum atomic E-state index is 10.9.